The molecule has 0 unspecified atom stereocenters. The van der Waals surface area contributed by atoms with Crippen molar-refractivity contribution in [3.63, 3.8) is 0 Å². The first-order valence-corrected chi connectivity index (χ1v) is 16.0. The van der Waals surface area contributed by atoms with Crippen LogP contribution in [0.15, 0.2) is 168 Å². The van der Waals surface area contributed by atoms with Crippen LogP contribution < -0.4 is 4.90 Å². The van der Waals surface area contributed by atoms with Crippen molar-refractivity contribution in [3.8, 4) is 22.3 Å². The lowest BCUT2D eigenvalue weighted by molar-refractivity contribution is 0.669. The summed E-state index contributed by atoms with van der Waals surface area (Å²) in [5, 5.41) is 4.75. The van der Waals surface area contributed by atoms with Crippen LogP contribution in [0.2, 0.25) is 0 Å². The monoisotopic (exact) mass is 593 g/mol. The average molecular weight is 594 g/mol. The number of hydrogen-bond donors (Lipinski definition) is 0. The molecule has 0 spiro atoms. The van der Waals surface area contributed by atoms with Crippen LogP contribution in [-0.4, -0.2) is 0 Å². The van der Waals surface area contributed by atoms with E-state index in [1.807, 2.05) is 17.4 Å². The van der Waals surface area contributed by atoms with E-state index in [0.717, 1.165) is 39.0 Å². The number of furan rings is 1. The van der Waals surface area contributed by atoms with Gasteiger partial charge in [-0.05, 0) is 64.7 Å². The van der Waals surface area contributed by atoms with Gasteiger partial charge in [0.1, 0.15) is 11.2 Å². The van der Waals surface area contributed by atoms with Gasteiger partial charge in [0, 0.05) is 31.2 Å². The number of benzene rings is 7. The molecule has 45 heavy (non-hydrogen) atoms. The van der Waals surface area contributed by atoms with Gasteiger partial charge in [0.15, 0.2) is 0 Å². The number of para-hydroxylation sites is 1. The Hall–Kier alpha value is -5.64. The number of hydrogen-bond acceptors (Lipinski definition) is 3. The van der Waals surface area contributed by atoms with Crippen molar-refractivity contribution in [2.75, 3.05) is 4.90 Å². The first-order valence-electron chi connectivity index (χ1n) is 15.2. The van der Waals surface area contributed by atoms with Crippen LogP contribution in [-0.2, 0) is 0 Å². The van der Waals surface area contributed by atoms with Crippen molar-refractivity contribution in [3.05, 3.63) is 164 Å². The number of thiophene rings is 1. The molecule has 0 atom stereocenters. The largest absolute Gasteiger partial charge is 0.456 e. The minimum absolute atomic E-state index is 0.883. The van der Waals surface area contributed by atoms with E-state index in [1.165, 1.54) is 42.4 Å². The summed E-state index contributed by atoms with van der Waals surface area (Å²) < 4.78 is 8.94. The van der Waals surface area contributed by atoms with Crippen molar-refractivity contribution >= 4 is 70.5 Å². The Labute approximate surface area is 265 Å². The summed E-state index contributed by atoms with van der Waals surface area (Å²) in [7, 11) is 0. The van der Waals surface area contributed by atoms with Gasteiger partial charge >= 0.3 is 0 Å². The molecule has 0 saturated heterocycles. The van der Waals surface area contributed by atoms with Gasteiger partial charge in [-0.1, -0.05) is 121 Å². The fourth-order valence-electron chi connectivity index (χ4n) is 6.64. The number of anilines is 3. The maximum atomic E-state index is 6.37. The van der Waals surface area contributed by atoms with Crippen molar-refractivity contribution < 1.29 is 4.42 Å². The number of nitrogens with zero attached hydrogens (tertiary/aromatic N) is 1. The molecule has 3 heteroatoms. The Bertz CT molecular complexity index is 2470. The van der Waals surface area contributed by atoms with E-state index in [1.54, 1.807) is 0 Å². The van der Waals surface area contributed by atoms with E-state index in [0.29, 0.717) is 0 Å². The van der Waals surface area contributed by atoms with E-state index in [2.05, 4.69) is 163 Å². The minimum atomic E-state index is 0.883. The highest BCUT2D eigenvalue weighted by molar-refractivity contribution is 7.26. The molecule has 2 aromatic heterocycles. The predicted octanol–water partition coefficient (Wildman–Crippen LogP) is 12.8. The zero-order valence-electron chi connectivity index (χ0n) is 24.4. The SMILES string of the molecule is c1ccc(-c2ccc(N(c3cccc4oc5ccccc5c34)c3cccc4sc5c(-c6ccccc6)cccc5c34)cc2)cc1. The molecular formula is C42H27NOS. The Morgan fingerprint density at radius 1 is 0.422 bits per heavy atom. The highest BCUT2D eigenvalue weighted by Crippen LogP contribution is 2.49. The van der Waals surface area contributed by atoms with Crippen molar-refractivity contribution in [2.45, 2.75) is 0 Å². The molecule has 9 aromatic rings. The molecule has 0 fully saturated rings. The third-order valence-electron chi connectivity index (χ3n) is 8.68. The molecular weight excluding hydrogens is 567 g/mol. The lowest BCUT2D eigenvalue weighted by Gasteiger charge is -2.27. The molecule has 0 bridgehead atoms. The van der Waals surface area contributed by atoms with Crippen LogP contribution in [0.4, 0.5) is 17.1 Å². The summed E-state index contributed by atoms with van der Waals surface area (Å²) in [5.41, 5.74) is 10.0. The van der Waals surface area contributed by atoms with Crippen LogP contribution in [0.1, 0.15) is 0 Å². The molecule has 212 valence electrons. The van der Waals surface area contributed by atoms with Crippen molar-refractivity contribution in [1.82, 2.24) is 0 Å². The van der Waals surface area contributed by atoms with E-state index < -0.39 is 0 Å². The predicted molar refractivity (Wildman–Crippen MR) is 192 cm³/mol. The highest BCUT2D eigenvalue weighted by Gasteiger charge is 2.23. The summed E-state index contributed by atoms with van der Waals surface area (Å²) in [4.78, 5) is 2.42. The molecule has 0 aliphatic carbocycles. The second kappa shape index (κ2) is 10.5. The van der Waals surface area contributed by atoms with E-state index in [4.69, 9.17) is 4.42 Å². The molecule has 9 rings (SSSR count). The number of fused-ring (bicyclic) bond motifs is 6. The Kier molecular flexibility index (Phi) is 6.03. The van der Waals surface area contributed by atoms with Crippen LogP contribution in [0.3, 0.4) is 0 Å². The molecule has 2 nitrogen and oxygen atoms in total. The molecule has 0 saturated carbocycles. The molecule has 0 amide bonds. The molecule has 0 radical (unpaired) electrons. The Morgan fingerprint density at radius 3 is 1.82 bits per heavy atom. The first-order chi connectivity index (χ1) is 22.3. The third kappa shape index (κ3) is 4.24. The molecule has 0 N–H and O–H groups in total. The second-order valence-corrected chi connectivity index (χ2v) is 12.3. The van der Waals surface area contributed by atoms with Gasteiger partial charge in [-0.15, -0.1) is 11.3 Å². The maximum absolute atomic E-state index is 6.37. The summed E-state index contributed by atoms with van der Waals surface area (Å²) >= 11 is 1.87. The lowest BCUT2D eigenvalue weighted by Crippen LogP contribution is -2.10. The maximum Gasteiger partial charge on any atom is 0.137 e. The van der Waals surface area contributed by atoms with Gasteiger partial charge in [-0.2, -0.15) is 0 Å². The van der Waals surface area contributed by atoms with Crippen LogP contribution in [0, 0.1) is 0 Å². The van der Waals surface area contributed by atoms with Crippen LogP contribution in [0.25, 0.3) is 64.4 Å². The van der Waals surface area contributed by atoms with Gasteiger partial charge in [-0.3, -0.25) is 0 Å². The van der Waals surface area contributed by atoms with Gasteiger partial charge in [0.25, 0.3) is 0 Å². The third-order valence-corrected chi connectivity index (χ3v) is 9.88. The normalized spacial score (nSPS) is 11.6. The lowest BCUT2D eigenvalue weighted by atomic mass is 10.0. The van der Waals surface area contributed by atoms with Gasteiger partial charge in [0.05, 0.1) is 16.8 Å². The summed E-state index contributed by atoms with van der Waals surface area (Å²) in [5.74, 6) is 0. The molecule has 2 heterocycles. The van der Waals surface area contributed by atoms with E-state index >= 15 is 0 Å². The fraction of sp³-hybridized carbons (Fsp3) is 0. The molecule has 7 aromatic carbocycles. The highest BCUT2D eigenvalue weighted by atomic mass is 32.1. The topological polar surface area (TPSA) is 16.4 Å². The van der Waals surface area contributed by atoms with Crippen LogP contribution in [0.5, 0.6) is 0 Å². The fourth-order valence-corrected chi connectivity index (χ4v) is 7.90. The average Bonchev–Trinajstić information content (AvgIpc) is 3.69. The minimum Gasteiger partial charge on any atom is -0.456 e. The van der Waals surface area contributed by atoms with Crippen LogP contribution >= 0.6 is 11.3 Å². The molecule has 0 aliphatic rings. The summed E-state index contributed by atoms with van der Waals surface area (Å²) in [6.07, 6.45) is 0. The molecule has 0 aliphatic heterocycles. The standard InChI is InChI=1S/C42H27NOS/c1-3-12-28(13-4-1)29-24-26-31(27-25-29)43(35-19-10-22-38-40(35)33-16-7-8-21-37(33)44-38)36-20-11-23-39-41(36)34-18-9-17-32(42(34)45-39)30-14-5-2-6-15-30/h1-27H. The van der Waals surface area contributed by atoms with Gasteiger partial charge < -0.3 is 9.32 Å². The van der Waals surface area contributed by atoms with Crippen molar-refractivity contribution in [1.29, 1.82) is 0 Å². The van der Waals surface area contributed by atoms with Gasteiger partial charge in [0.2, 0.25) is 0 Å². The zero-order valence-corrected chi connectivity index (χ0v) is 25.2. The zero-order chi connectivity index (χ0) is 29.7. The smallest absolute Gasteiger partial charge is 0.137 e. The summed E-state index contributed by atoms with van der Waals surface area (Å²) in [6.45, 7) is 0. The first kappa shape index (κ1) is 25.8. The Balaban J connectivity index is 1.33. The summed E-state index contributed by atoms with van der Waals surface area (Å²) in [6, 6.07) is 58.3. The van der Waals surface area contributed by atoms with Gasteiger partial charge in [-0.25, -0.2) is 0 Å². The number of rotatable bonds is 5. The Morgan fingerprint density at radius 2 is 1.02 bits per heavy atom. The quantitative estimate of drug-likeness (QED) is 0.197. The van der Waals surface area contributed by atoms with E-state index in [-0.39, 0.29) is 0 Å². The van der Waals surface area contributed by atoms with Crippen molar-refractivity contribution in [2.24, 2.45) is 0 Å². The second-order valence-electron chi connectivity index (χ2n) is 11.3. The van der Waals surface area contributed by atoms with E-state index in [9.17, 15) is 0 Å².